The van der Waals surface area contributed by atoms with Gasteiger partial charge in [0.05, 0.1) is 29.7 Å². The summed E-state index contributed by atoms with van der Waals surface area (Å²) in [5.74, 6) is 1.39. The molecule has 33 heavy (non-hydrogen) atoms. The van der Waals surface area contributed by atoms with Gasteiger partial charge in [0, 0.05) is 49.3 Å². The molecule has 0 bridgehead atoms. The Morgan fingerprint density at radius 1 is 1.03 bits per heavy atom. The van der Waals surface area contributed by atoms with E-state index in [9.17, 15) is 18.5 Å². The third kappa shape index (κ3) is 4.63. The first-order chi connectivity index (χ1) is 15.8. The minimum atomic E-state index is -3.73. The number of piperazine rings is 1. The standard InChI is InChI=1S/C21H22N4O6S2/c1-30-16-5-8-20(31-2)18(13-16)19-14-32-21(22-19)23-9-11-24(12-10-23)33(28,29)17-6-3-15(4-7-17)25(26)27/h3-8,13-14H,9-12H2,1-2H3. The molecule has 174 valence electrons. The molecule has 0 amide bonds. The van der Waals surface area contributed by atoms with Gasteiger partial charge in [-0.25, -0.2) is 13.4 Å². The maximum atomic E-state index is 12.9. The Bertz CT molecular complexity index is 1250. The zero-order valence-corrected chi connectivity index (χ0v) is 19.6. The number of nitro groups is 1. The number of methoxy groups -OCH3 is 2. The number of hydrogen-bond acceptors (Lipinski definition) is 9. The van der Waals surface area contributed by atoms with Gasteiger partial charge in [0.1, 0.15) is 11.5 Å². The lowest BCUT2D eigenvalue weighted by Crippen LogP contribution is -2.48. The second-order valence-corrected chi connectivity index (χ2v) is 10.00. The van der Waals surface area contributed by atoms with Gasteiger partial charge in [-0.2, -0.15) is 4.31 Å². The predicted molar refractivity (Wildman–Crippen MR) is 125 cm³/mol. The van der Waals surface area contributed by atoms with Crippen molar-refractivity contribution in [1.82, 2.24) is 9.29 Å². The summed E-state index contributed by atoms with van der Waals surface area (Å²) in [5, 5.41) is 13.5. The molecule has 4 rings (SSSR count). The molecule has 0 aliphatic carbocycles. The summed E-state index contributed by atoms with van der Waals surface area (Å²) in [6.07, 6.45) is 0. The average Bonchev–Trinajstić information content (AvgIpc) is 3.34. The lowest BCUT2D eigenvalue weighted by Gasteiger charge is -2.33. The van der Waals surface area contributed by atoms with Crippen molar-refractivity contribution in [2.45, 2.75) is 4.90 Å². The van der Waals surface area contributed by atoms with Gasteiger partial charge in [0.2, 0.25) is 10.0 Å². The number of hydrogen-bond donors (Lipinski definition) is 0. The van der Waals surface area contributed by atoms with E-state index in [0.717, 1.165) is 16.4 Å². The van der Waals surface area contributed by atoms with Crippen LogP contribution in [0.15, 0.2) is 52.7 Å². The molecular weight excluding hydrogens is 468 g/mol. The molecule has 1 saturated heterocycles. The highest BCUT2D eigenvalue weighted by Gasteiger charge is 2.30. The zero-order chi connectivity index (χ0) is 23.6. The molecule has 0 unspecified atom stereocenters. The van der Waals surface area contributed by atoms with Gasteiger partial charge in [0.15, 0.2) is 5.13 Å². The van der Waals surface area contributed by atoms with E-state index in [0.29, 0.717) is 24.6 Å². The Kier molecular flexibility index (Phi) is 6.49. The normalized spacial score (nSPS) is 14.8. The molecule has 0 atom stereocenters. The van der Waals surface area contributed by atoms with Crippen LogP contribution in [0.5, 0.6) is 11.5 Å². The van der Waals surface area contributed by atoms with E-state index >= 15 is 0 Å². The molecule has 0 radical (unpaired) electrons. The molecule has 3 aromatic rings. The maximum absolute atomic E-state index is 12.9. The molecule has 1 aromatic heterocycles. The van der Waals surface area contributed by atoms with E-state index in [4.69, 9.17) is 14.5 Å². The average molecular weight is 491 g/mol. The topological polar surface area (TPSA) is 115 Å². The van der Waals surface area contributed by atoms with Crippen LogP contribution in [0.25, 0.3) is 11.3 Å². The van der Waals surface area contributed by atoms with Crippen LogP contribution < -0.4 is 14.4 Å². The van der Waals surface area contributed by atoms with Gasteiger partial charge in [0.25, 0.3) is 5.69 Å². The van der Waals surface area contributed by atoms with Crippen molar-refractivity contribution in [3.05, 3.63) is 58.0 Å². The van der Waals surface area contributed by atoms with E-state index < -0.39 is 14.9 Å². The minimum Gasteiger partial charge on any atom is -0.497 e. The maximum Gasteiger partial charge on any atom is 0.269 e. The molecule has 1 aliphatic rings. The Labute approximate surface area is 195 Å². The molecule has 2 heterocycles. The molecular formula is C21H22N4O6S2. The molecule has 10 nitrogen and oxygen atoms in total. The van der Waals surface area contributed by atoms with Crippen LogP contribution in [0.1, 0.15) is 0 Å². The molecule has 1 fully saturated rings. The fourth-order valence-electron chi connectivity index (χ4n) is 3.56. The SMILES string of the molecule is COc1ccc(OC)c(-c2csc(N3CCN(S(=O)(=O)c4ccc([N+](=O)[O-])cc4)CC3)n2)c1. The van der Waals surface area contributed by atoms with Crippen LogP contribution >= 0.6 is 11.3 Å². The second-order valence-electron chi connectivity index (χ2n) is 7.22. The van der Waals surface area contributed by atoms with Gasteiger partial charge in [-0.3, -0.25) is 10.1 Å². The number of non-ortho nitro benzene ring substituents is 1. The largest absolute Gasteiger partial charge is 0.497 e. The number of sulfonamides is 1. The van der Waals surface area contributed by atoms with Gasteiger partial charge < -0.3 is 14.4 Å². The number of benzene rings is 2. The van der Waals surface area contributed by atoms with Crippen molar-refractivity contribution in [2.75, 3.05) is 45.3 Å². The van der Waals surface area contributed by atoms with Crippen molar-refractivity contribution in [3.63, 3.8) is 0 Å². The Balaban J connectivity index is 1.47. The van der Waals surface area contributed by atoms with Crippen LogP contribution in [-0.2, 0) is 10.0 Å². The fourth-order valence-corrected chi connectivity index (χ4v) is 5.86. The van der Waals surface area contributed by atoms with Crippen molar-refractivity contribution in [2.24, 2.45) is 0 Å². The predicted octanol–water partition coefficient (Wildman–Crippen LogP) is 3.25. The number of thiazole rings is 1. The monoisotopic (exact) mass is 490 g/mol. The molecule has 12 heteroatoms. The first kappa shape index (κ1) is 23.0. The molecule has 0 N–H and O–H groups in total. The van der Waals surface area contributed by atoms with Crippen LogP contribution in [0.4, 0.5) is 10.8 Å². The summed E-state index contributed by atoms with van der Waals surface area (Å²) in [6, 6.07) is 10.5. The highest BCUT2D eigenvalue weighted by molar-refractivity contribution is 7.89. The third-order valence-electron chi connectivity index (χ3n) is 5.37. The van der Waals surface area contributed by atoms with E-state index in [2.05, 4.69) is 0 Å². The van der Waals surface area contributed by atoms with Gasteiger partial charge in [-0.15, -0.1) is 11.3 Å². The van der Waals surface area contributed by atoms with Crippen molar-refractivity contribution < 1.29 is 22.8 Å². The van der Waals surface area contributed by atoms with Gasteiger partial charge in [-0.05, 0) is 30.3 Å². The summed E-state index contributed by atoms with van der Waals surface area (Å²) < 4.78 is 38.0. The molecule has 0 spiro atoms. The quantitative estimate of drug-likeness (QED) is 0.366. The van der Waals surface area contributed by atoms with Crippen LogP contribution in [0.2, 0.25) is 0 Å². The number of nitro benzene ring substituents is 1. The lowest BCUT2D eigenvalue weighted by atomic mass is 10.1. The first-order valence-corrected chi connectivity index (χ1v) is 12.3. The Morgan fingerprint density at radius 3 is 2.33 bits per heavy atom. The van der Waals surface area contributed by atoms with E-state index in [1.54, 1.807) is 14.2 Å². The van der Waals surface area contributed by atoms with E-state index in [-0.39, 0.29) is 23.7 Å². The number of nitrogens with zero attached hydrogens (tertiary/aromatic N) is 4. The summed E-state index contributed by atoms with van der Waals surface area (Å²) in [5.41, 5.74) is 1.43. The van der Waals surface area contributed by atoms with Crippen LogP contribution in [0.3, 0.4) is 0 Å². The summed E-state index contributed by atoms with van der Waals surface area (Å²) in [6.45, 7) is 1.54. The second kappa shape index (κ2) is 9.33. The zero-order valence-electron chi connectivity index (χ0n) is 18.0. The molecule has 1 aliphatic heterocycles. The Morgan fingerprint density at radius 2 is 1.73 bits per heavy atom. The number of ether oxygens (including phenoxy) is 2. The summed E-state index contributed by atoms with van der Waals surface area (Å²) >= 11 is 1.48. The van der Waals surface area contributed by atoms with Crippen LogP contribution in [-0.4, -0.2) is 63.0 Å². The number of aromatic nitrogens is 1. The molecule has 2 aromatic carbocycles. The lowest BCUT2D eigenvalue weighted by molar-refractivity contribution is -0.384. The highest BCUT2D eigenvalue weighted by Crippen LogP contribution is 2.36. The summed E-state index contributed by atoms with van der Waals surface area (Å²) in [7, 11) is -0.528. The summed E-state index contributed by atoms with van der Waals surface area (Å²) in [4.78, 5) is 17.1. The van der Waals surface area contributed by atoms with Crippen LogP contribution in [0, 0.1) is 10.1 Å². The Hall–Kier alpha value is -3.22. The fraction of sp³-hybridized carbons (Fsp3) is 0.286. The minimum absolute atomic E-state index is 0.0446. The van der Waals surface area contributed by atoms with Crippen molar-refractivity contribution in [3.8, 4) is 22.8 Å². The van der Waals surface area contributed by atoms with E-state index in [1.807, 2.05) is 28.5 Å². The molecule has 0 saturated carbocycles. The third-order valence-corrected chi connectivity index (χ3v) is 8.18. The smallest absolute Gasteiger partial charge is 0.269 e. The number of anilines is 1. The first-order valence-electron chi connectivity index (χ1n) is 10.0. The van der Waals surface area contributed by atoms with E-state index in [1.165, 1.54) is 39.9 Å². The van der Waals surface area contributed by atoms with Crippen molar-refractivity contribution in [1.29, 1.82) is 0 Å². The number of rotatable bonds is 7. The van der Waals surface area contributed by atoms with Gasteiger partial charge >= 0.3 is 0 Å². The highest BCUT2D eigenvalue weighted by atomic mass is 32.2. The van der Waals surface area contributed by atoms with Gasteiger partial charge in [-0.1, -0.05) is 0 Å². The van der Waals surface area contributed by atoms with Crippen molar-refractivity contribution >= 4 is 32.2 Å².